The van der Waals surface area contributed by atoms with Crippen LogP contribution < -0.4 is 5.73 Å². The Balaban J connectivity index is 1.69. The summed E-state index contributed by atoms with van der Waals surface area (Å²) in [5.74, 6) is -0.0836. The maximum Gasteiger partial charge on any atom is 0.254 e. The van der Waals surface area contributed by atoms with Gasteiger partial charge < -0.3 is 15.7 Å². The summed E-state index contributed by atoms with van der Waals surface area (Å²) in [6, 6.07) is 10.5. The van der Waals surface area contributed by atoms with Gasteiger partial charge in [0.25, 0.3) is 5.91 Å². The van der Waals surface area contributed by atoms with Crippen LogP contribution in [0.3, 0.4) is 0 Å². The van der Waals surface area contributed by atoms with Crippen LogP contribution in [-0.2, 0) is 11.2 Å². The van der Waals surface area contributed by atoms with Crippen LogP contribution in [0.4, 0.5) is 5.82 Å². The van der Waals surface area contributed by atoms with Gasteiger partial charge in [0, 0.05) is 31.1 Å². The number of hydrogen-bond acceptors (Lipinski definition) is 5. The van der Waals surface area contributed by atoms with E-state index in [4.69, 9.17) is 5.73 Å². The van der Waals surface area contributed by atoms with Gasteiger partial charge >= 0.3 is 0 Å². The molecular weight excluding hydrogens is 330 g/mol. The largest absolute Gasteiger partial charge is 0.391 e. The molecule has 1 aliphatic heterocycles. The number of amides is 1. The van der Waals surface area contributed by atoms with Gasteiger partial charge in [0.2, 0.25) is 0 Å². The van der Waals surface area contributed by atoms with Crippen molar-refractivity contribution in [2.75, 3.05) is 12.3 Å². The van der Waals surface area contributed by atoms with Crippen LogP contribution in [0.5, 0.6) is 0 Å². The zero-order valence-corrected chi connectivity index (χ0v) is 14.8. The number of carbonyl (C=O) groups excluding carboxylic acids is 2. The lowest BCUT2D eigenvalue weighted by molar-refractivity contribution is -0.122. The first-order valence-electron chi connectivity index (χ1n) is 8.73. The summed E-state index contributed by atoms with van der Waals surface area (Å²) in [5.41, 5.74) is 8.28. The number of aryl methyl sites for hydroxylation is 2. The van der Waals surface area contributed by atoms with Crippen LogP contribution in [0.25, 0.3) is 0 Å². The minimum atomic E-state index is -0.688. The highest BCUT2D eigenvalue weighted by atomic mass is 16.3. The van der Waals surface area contributed by atoms with Gasteiger partial charge in [-0.15, -0.1) is 0 Å². The number of benzene rings is 1. The fourth-order valence-corrected chi connectivity index (χ4v) is 3.28. The lowest BCUT2D eigenvalue weighted by atomic mass is 10.0. The minimum absolute atomic E-state index is 0.0301. The first kappa shape index (κ1) is 18.1. The molecule has 0 bridgehead atoms. The Morgan fingerprint density at radius 1 is 1.27 bits per heavy atom. The van der Waals surface area contributed by atoms with Crippen molar-refractivity contribution in [3.63, 3.8) is 0 Å². The van der Waals surface area contributed by atoms with Gasteiger partial charge in [-0.2, -0.15) is 0 Å². The van der Waals surface area contributed by atoms with Crippen molar-refractivity contribution in [1.82, 2.24) is 9.88 Å². The fourth-order valence-electron chi connectivity index (χ4n) is 3.28. The van der Waals surface area contributed by atoms with Gasteiger partial charge in [-0.05, 0) is 31.0 Å². The van der Waals surface area contributed by atoms with Gasteiger partial charge in [0.05, 0.1) is 12.1 Å². The molecule has 2 aromatic rings. The highest BCUT2D eigenvalue weighted by Crippen LogP contribution is 2.23. The highest BCUT2D eigenvalue weighted by molar-refractivity contribution is 5.98. The molecule has 136 valence electrons. The molecule has 1 aromatic carbocycles. The molecule has 6 heteroatoms. The van der Waals surface area contributed by atoms with E-state index in [0.717, 1.165) is 5.56 Å². The van der Waals surface area contributed by atoms with E-state index in [1.807, 2.05) is 31.2 Å². The van der Waals surface area contributed by atoms with Gasteiger partial charge in [-0.25, -0.2) is 4.98 Å². The van der Waals surface area contributed by atoms with Crippen LogP contribution in [0.2, 0.25) is 0 Å². The number of hydrogen-bond donors (Lipinski definition) is 2. The lowest BCUT2D eigenvalue weighted by Crippen LogP contribution is -2.40. The first-order valence-corrected chi connectivity index (χ1v) is 8.73. The van der Waals surface area contributed by atoms with Gasteiger partial charge in [-0.3, -0.25) is 9.59 Å². The predicted molar refractivity (Wildman–Crippen MR) is 98.6 cm³/mol. The molecule has 3 N–H and O–H groups in total. The number of nitrogens with zero attached hydrogens (tertiary/aromatic N) is 2. The summed E-state index contributed by atoms with van der Waals surface area (Å²) in [6.07, 6.45) is 2.01. The lowest BCUT2D eigenvalue weighted by Gasteiger charge is -2.23. The number of ketones is 1. The number of pyridine rings is 1. The molecule has 1 fully saturated rings. The molecule has 0 saturated carbocycles. The third kappa shape index (κ3) is 4.08. The maximum atomic E-state index is 12.8. The van der Waals surface area contributed by atoms with Crippen molar-refractivity contribution in [3.05, 3.63) is 59.3 Å². The number of rotatable bonds is 5. The van der Waals surface area contributed by atoms with E-state index in [0.29, 0.717) is 18.4 Å². The normalized spacial score (nSPS) is 19.5. The Labute approximate surface area is 152 Å². The standard InChI is InChI=1S/C20H23N3O3/c1-13-2-4-14(5-3-13)6-7-18(25)17-11-16(24)12-23(17)20(26)15-8-9-22-19(21)10-15/h2-5,8-10,16-17,24H,6-7,11-12H2,1H3,(H2,21,22)/t16-,17+/m1/s1. The number of β-amino-alcohol motifs (C(OH)–C–C–N with tert-alkyl or cyclic N) is 1. The molecule has 0 aliphatic carbocycles. The van der Waals surface area contributed by atoms with E-state index in [1.165, 1.54) is 22.7 Å². The van der Waals surface area contributed by atoms with Crippen molar-refractivity contribution in [3.8, 4) is 0 Å². The number of aliphatic hydroxyl groups excluding tert-OH is 1. The first-order chi connectivity index (χ1) is 12.4. The molecule has 1 aliphatic rings. The number of nitrogen functional groups attached to an aromatic ring is 1. The van der Waals surface area contributed by atoms with Crippen LogP contribution in [0.1, 0.15) is 34.3 Å². The zero-order chi connectivity index (χ0) is 18.7. The van der Waals surface area contributed by atoms with E-state index in [-0.39, 0.29) is 30.5 Å². The van der Waals surface area contributed by atoms with E-state index in [9.17, 15) is 14.7 Å². The van der Waals surface area contributed by atoms with Crippen LogP contribution in [0.15, 0.2) is 42.6 Å². The zero-order valence-electron chi connectivity index (χ0n) is 14.8. The van der Waals surface area contributed by atoms with Crippen molar-refractivity contribution in [2.45, 2.75) is 38.3 Å². The van der Waals surface area contributed by atoms with Crippen LogP contribution in [-0.4, -0.2) is 45.4 Å². The summed E-state index contributed by atoms with van der Waals surface area (Å²) in [5, 5.41) is 10.0. The molecule has 1 saturated heterocycles. The molecule has 26 heavy (non-hydrogen) atoms. The molecule has 0 radical (unpaired) electrons. The molecule has 0 unspecified atom stereocenters. The summed E-state index contributed by atoms with van der Waals surface area (Å²) in [4.78, 5) is 30.8. The third-order valence-electron chi connectivity index (χ3n) is 4.72. The summed E-state index contributed by atoms with van der Waals surface area (Å²) in [7, 11) is 0. The Morgan fingerprint density at radius 2 is 2.00 bits per heavy atom. The molecule has 1 aromatic heterocycles. The number of carbonyl (C=O) groups is 2. The van der Waals surface area contributed by atoms with Crippen molar-refractivity contribution in [1.29, 1.82) is 0 Å². The van der Waals surface area contributed by atoms with Crippen molar-refractivity contribution in [2.24, 2.45) is 0 Å². The van der Waals surface area contributed by atoms with Gasteiger partial charge in [-0.1, -0.05) is 29.8 Å². The molecular formula is C20H23N3O3. The van der Waals surface area contributed by atoms with E-state index < -0.39 is 12.1 Å². The molecule has 6 nitrogen and oxygen atoms in total. The third-order valence-corrected chi connectivity index (χ3v) is 4.72. The van der Waals surface area contributed by atoms with Crippen molar-refractivity contribution < 1.29 is 14.7 Å². The van der Waals surface area contributed by atoms with E-state index >= 15 is 0 Å². The average molecular weight is 353 g/mol. The van der Waals surface area contributed by atoms with Gasteiger partial charge in [0.15, 0.2) is 5.78 Å². The number of anilines is 1. The minimum Gasteiger partial charge on any atom is -0.391 e. The molecule has 1 amide bonds. The molecule has 3 rings (SSSR count). The topological polar surface area (TPSA) is 96.5 Å². The molecule has 0 spiro atoms. The monoisotopic (exact) mass is 353 g/mol. The number of aromatic nitrogens is 1. The SMILES string of the molecule is Cc1ccc(CCC(=O)[C@@H]2C[C@@H](O)CN2C(=O)c2ccnc(N)c2)cc1. The smallest absolute Gasteiger partial charge is 0.254 e. The van der Waals surface area contributed by atoms with Gasteiger partial charge in [0.1, 0.15) is 5.82 Å². The average Bonchev–Trinajstić information content (AvgIpc) is 3.02. The van der Waals surface area contributed by atoms with Crippen LogP contribution >= 0.6 is 0 Å². The Morgan fingerprint density at radius 3 is 2.69 bits per heavy atom. The molecule has 2 atom stereocenters. The number of aliphatic hydroxyl groups is 1. The second-order valence-electron chi connectivity index (χ2n) is 6.78. The summed E-state index contributed by atoms with van der Waals surface area (Å²) in [6.45, 7) is 2.17. The Bertz CT molecular complexity index is 804. The number of nitrogens with two attached hydrogens (primary N) is 1. The highest BCUT2D eigenvalue weighted by Gasteiger charge is 2.38. The number of Topliss-reactive ketones (excluding diaryl/α,β-unsaturated/α-hetero) is 1. The van der Waals surface area contributed by atoms with E-state index in [2.05, 4.69) is 4.98 Å². The van der Waals surface area contributed by atoms with E-state index in [1.54, 1.807) is 6.07 Å². The summed E-state index contributed by atoms with van der Waals surface area (Å²) >= 11 is 0. The maximum absolute atomic E-state index is 12.8. The quantitative estimate of drug-likeness (QED) is 0.854. The molecule has 2 heterocycles. The Hall–Kier alpha value is -2.73. The summed E-state index contributed by atoms with van der Waals surface area (Å²) < 4.78 is 0. The second kappa shape index (κ2) is 7.66. The number of likely N-dealkylation sites (tertiary alicyclic amines) is 1. The van der Waals surface area contributed by atoms with Crippen molar-refractivity contribution >= 4 is 17.5 Å². The fraction of sp³-hybridized carbons (Fsp3) is 0.350. The van der Waals surface area contributed by atoms with Crippen LogP contribution in [0, 0.1) is 6.92 Å². The predicted octanol–water partition coefficient (Wildman–Crippen LogP) is 1.75. The Kier molecular flexibility index (Phi) is 5.32. The second-order valence-corrected chi connectivity index (χ2v) is 6.78.